The average molecular weight is 309 g/mol. The summed E-state index contributed by atoms with van der Waals surface area (Å²) in [5, 5.41) is 0. The number of likely N-dealkylation sites (N-methyl/N-ethyl adjacent to an activating group) is 1. The van der Waals surface area contributed by atoms with Crippen LogP contribution in [-0.2, 0) is 19.1 Å². The van der Waals surface area contributed by atoms with Crippen molar-refractivity contribution in [2.24, 2.45) is 0 Å². The highest BCUT2D eigenvalue weighted by Gasteiger charge is 2.28. The number of rotatable bonds is 5. The summed E-state index contributed by atoms with van der Waals surface area (Å²) in [7, 11) is 2.69. The van der Waals surface area contributed by atoms with Crippen LogP contribution < -0.4 is 0 Å². The smallest absolute Gasteiger partial charge is 0.340 e. The number of methoxy groups -OCH3 is 2. The molecule has 0 aliphatic heterocycles. The van der Waals surface area contributed by atoms with Crippen molar-refractivity contribution in [1.29, 1.82) is 0 Å². The molecule has 0 heterocycles. The number of carbonyl (C=O) groups is 2. The van der Waals surface area contributed by atoms with Crippen LogP contribution in [0.5, 0.6) is 0 Å². The van der Waals surface area contributed by atoms with Gasteiger partial charge in [0, 0.05) is 18.8 Å². The summed E-state index contributed by atoms with van der Waals surface area (Å²) in [4.78, 5) is 26.6. The van der Waals surface area contributed by atoms with Crippen LogP contribution in [0.1, 0.15) is 46.0 Å². The summed E-state index contributed by atoms with van der Waals surface area (Å²) in [5.41, 5.74) is 1.58. The molecule has 0 unspecified atom stereocenters. The van der Waals surface area contributed by atoms with Gasteiger partial charge in [0.15, 0.2) is 0 Å². The molecular formula is C17H27NO4. The average Bonchev–Trinajstić information content (AvgIpc) is 2.65. The van der Waals surface area contributed by atoms with Crippen LogP contribution >= 0.6 is 0 Å². The van der Waals surface area contributed by atoms with Gasteiger partial charge in [-0.05, 0) is 39.5 Å². The molecule has 1 rings (SSSR count). The highest BCUT2D eigenvalue weighted by molar-refractivity contribution is 6.03. The van der Waals surface area contributed by atoms with Crippen molar-refractivity contribution in [2.45, 2.75) is 46.0 Å². The standard InChI is InChI=1S/C17H27NO4/c1-5-18(6-2)14-12-10-8-7-9-11-13(16(19)21-3)15(14)17(20)22-4/h12H,5-11H2,1-4H3/b14-12+,15-13-. The highest BCUT2D eigenvalue weighted by atomic mass is 16.5. The Labute approximate surface area is 133 Å². The Hall–Kier alpha value is -1.78. The lowest BCUT2D eigenvalue weighted by atomic mass is 9.99. The maximum Gasteiger partial charge on any atom is 0.340 e. The first-order chi connectivity index (χ1) is 10.6. The lowest BCUT2D eigenvalue weighted by molar-refractivity contribution is -0.139. The Kier molecular flexibility index (Phi) is 7.71. The lowest BCUT2D eigenvalue weighted by Crippen LogP contribution is -2.28. The largest absolute Gasteiger partial charge is 0.466 e. The van der Waals surface area contributed by atoms with Gasteiger partial charge in [-0.2, -0.15) is 0 Å². The first kappa shape index (κ1) is 18.3. The van der Waals surface area contributed by atoms with Crippen molar-refractivity contribution >= 4 is 11.9 Å². The number of hydrogen-bond acceptors (Lipinski definition) is 5. The van der Waals surface area contributed by atoms with Crippen LogP contribution in [0.4, 0.5) is 0 Å². The molecule has 0 saturated carbocycles. The second-order valence-electron chi connectivity index (χ2n) is 5.20. The molecular weight excluding hydrogens is 282 g/mol. The van der Waals surface area contributed by atoms with Gasteiger partial charge >= 0.3 is 11.9 Å². The molecule has 0 saturated heterocycles. The molecule has 0 aromatic rings. The van der Waals surface area contributed by atoms with E-state index in [9.17, 15) is 9.59 Å². The van der Waals surface area contributed by atoms with Crippen LogP contribution in [0.2, 0.25) is 0 Å². The Morgan fingerprint density at radius 1 is 1.05 bits per heavy atom. The Balaban J connectivity index is 3.49. The van der Waals surface area contributed by atoms with Crippen molar-refractivity contribution in [2.75, 3.05) is 27.3 Å². The molecule has 1 aliphatic carbocycles. The summed E-state index contributed by atoms with van der Waals surface area (Å²) in [6.07, 6.45) is 6.42. The Morgan fingerprint density at radius 3 is 2.23 bits per heavy atom. The number of hydrogen-bond donors (Lipinski definition) is 0. The van der Waals surface area contributed by atoms with E-state index in [1.165, 1.54) is 14.2 Å². The zero-order chi connectivity index (χ0) is 16.5. The van der Waals surface area contributed by atoms with E-state index in [0.29, 0.717) is 17.6 Å². The van der Waals surface area contributed by atoms with Crippen molar-refractivity contribution in [3.8, 4) is 0 Å². The molecule has 0 spiro atoms. The highest BCUT2D eigenvalue weighted by Crippen LogP contribution is 2.27. The first-order valence-corrected chi connectivity index (χ1v) is 7.95. The summed E-state index contributed by atoms with van der Waals surface area (Å²) in [5.74, 6) is -0.916. The number of carbonyl (C=O) groups excluding carboxylic acids is 2. The van der Waals surface area contributed by atoms with Gasteiger partial charge in [0.1, 0.15) is 0 Å². The van der Waals surface area contributed by atoms with Gasteiger partial charge in [0.05, 0.1) is 25.4 Å². The van der Waals surface area contributed by atoms with E-state index in [1.807, 2.05) is 19.9 Å². The molecule has 124 valence electrons. The third-order valence-electron chi connectivity index (χ3n) is 3.95. The van der Waals surface area contributed by atoms with E-state index in [0.717, 1.165) is 44.5 Å². The van der Waals surface area contributed by atoms with Gasteiger partial charge in [-0.1, -0.05) is 12.5 Å². The fraction of sp³-hybridized carbons (Fsp3) is 0.647. The second-order valence-corrected chi connectivity index (χ2v) is 5.20. The summed E-state index contributed by atoms with van der Waals surface area (Å²) in [6.45, 7) is 5.59. The zero-order valence-electron chi connectivity index (χ0n) is 14.1. The van der Waals surface area contributed by atoms with Crippen LogP contribution in [0, 0.1) is 0 Å². The molecule has 0 radical (unpaired) electrons. The third-order valence-corrected chi connectivity index (χ3v) is 3.95. The maximum absolute atomic E-state index is 12.4. The van der Waals surface area contributed by atoms with Crippen molar-refractivity contribution in [3.63, 3.8) is 0 Å². The van der Waals surface area contributed by atoms with Crippen molar-refractivity contribution < 1.29 is 19.1 Å². The fourth-order valence-electron chi connectivity index (χ4n) is 2.75. The molecule has 5 heteroatoms. The molecule has 0 atom stereocenters. The summed E-state index contributed by atoms with van der Waals surface area (Å²) < 4.78 is 9.85. The Bertz CT molecular complexity index is 461. The number of nitrogens with zero attached hydrogens (tertiary/aromatic N) is 1. The lowest BCUT2D eigenvalue weighted by Gasteiger charge is -2.26. The van der Waals surface area contributed by atoms with Crippen LogP contribution in [0.25, 0.3) is 0 Å². The predicted octanol–water partition coefficient (Wildman–Crippen LogP) is 2.82. The van der Waals surface area contributed by atoms with Crippen LogP contribution in [0.15, 0.2) is 22.9 Å². The summed E-state index contributed by atoms with van der Waals surface area (Å²) >= 11 is 0. The monoisotopic (exact) mass is 309 g/mol. The van der Waals surface area contributed by atoms with Gasteiger partial charge in [-0.25, -0.2) is 9.59 Å². The van der Waals surface area contributed by atoms with E-state index >= 15 is 0 Å². The maximum atomic E-state index is 12.4. The van der Waals surface area contributed by atoms with E-state index in [2.05, 4.69) is 4.90 Å². The minimum absolute atomic E-state index is 0.361. The van der Waals surface area contributed by atoms with Crippen molar-refractivity contribution in [3.05, 3.63) is 22.9 Å². The molecule has 5 nitrogen and oxygen atoms in total. The van der Waals surface area contributed by atoms with Crippen LogP contribution in [-0.4, -0.2) is 44.1 Å². The minimum atomic E-state index is -0.472. The molecule has 0 aromatic carbocycles. The molecule has 1 aliphatic rings. The Morgan fingerprint density at radius 2 is 1.68 bits per heavy atom. The predicted molar refractivity (Wildman–Crippen MR) is 85.1 cm³/mol. The normalized spacial score (nSPS) is 21.7. The molecule has 0 bridgehead atoms. The van der Waals surface area contributed by atoms with E-state index in [1.54, 1.807) is 0 Å². The minimum Gasteiger partial charge on any atom is -0.466 e. The van der Waals surface area contributed by atoms with Gasteiger partial charge < -0.3 is 14.4 Å². The zero-order valence-corrected chi connectivity index (χ0v) is 14.1. The number of allylic oxidation sites excluding steroid dienone is 1. The molecule has 0 aromatic heterocycles. The van der Waals surface area contributed by atoms with E-state index < -0.39 is 11.9 Å². The number of ether oxygens (including phenoxy) is 2. The van der Waals surface area contributed by atoms with E-state index in [4.69, 9.17) is 9.47 Å². The quantitative estimate of drug-likeness (QED) is 0.731. The SMILES string of the molecule is CCN(CC)C1=C/CCCCC/C(C(=O)OC)=C\1C(=O)OC. The van der Waals surface area contributed by atoms with Gasteiger partial charge in [-0.3, -0.25) is 0 Å². The first-order valence-electron chi connectivity index (χ1n) is 7.95. The fourth-order valence-corrected chi connectivity index (χ4v) is 2.75. The molecule has 0 fully saturated rings. The number of esters is 2. The van der Waals surface area contributed by atoms with E-state index in [-0.39, 0.29) is 0 Å². The van der Waals surface area contributed by atoms with Crippen molar-refractivity contribution in [1.82, 2.24) is 4.90 Å². The molecule has 0 amide bonds. The van der Waals surface area contributed by atoms with Gasteiger partial charge in [-0.15, -0.1) is 0 Å². The van der Waals surface area contributed by atoms with Gasteiger partial charge in [0.2, 0.25) is 0 Å². The second kappa shape index (κ2) is 9.28. The van der Waals surface area contributed by atoms with Gasteiger partial charge in [0.25, 0.3) is 0 Å². The molecule has 22 heavy (non-hydrogen) atoms. The summed E-state index contributed by atoms with van der Waals surface area (Å²) in [6, 6.07) is 0. The third kappa shape index (κ3) is 4.36. The van der Waals surface area contributed by atoms with Crippen LogP contribution in [0.3, 0.4) is 0 Å². The molecule has 0 N–H and O–H groups in total. The topological polar surface area (TPSA) is 55.8 Å².